The van der Waals surface area contributed by atoms with Crippen LogP contribution in [-0.2, 0) is 16.1 Å². The van der Waals surface area contributed by atoms with E-state index in [4.69, 9.17) is 4.74 Å². The number of ketones is 1. The molecule has 3 aromatic rings. The number of rotatable bonds is 6. The summed E-state index contributed by atoms with van der Waals surface area (Å²) in [4.78, 5) is 32.9. The fraction of sp³-hybridized carbons (Fsp3) is 0.269. The average molecular weight is 463 g/mol. The molecule has 1 aromatic carbocycles. The highest BCUT2D eigenvalue weighted by Gasteiger charge is 2.47. The second kappa shape index (κ2) is 9.19. The first-order chi connectivity index (χ1) is 15.8. The number of pyridine rings is 1. The van der Waals surface area contributed by atoms with Crippen LogP contribution in [0.5, 0.6) is 5.75 Å². The molecule has 3 heterocycles. The van der Waals surface area contributed by atoms with Crippen LogP contribution in [0.25, 0.3) is 5.76 Å². The first-order valence-electron chi connectivity index (χ1n) is 10.7. The van der Waals surface area contributed by atoms with Crippen LogP contribution in [0.4, 0.5) is 0 Å². The third-order valence-corrected chi connectivity index (χ3v) is 6.96. The van der Waals surface area contributed by atoms with Gasteiger partial charge in [-0.05, 0) is 65.2 Å². The van der Waals surface area contributed by atoms with Gasteiger partial charge in [-0.25, -0.2) is 0 Å². The molecule has 1 aliphatic rings. The molecule has 6 nitrogen and oxygen atoms in total. The van der Waals surface area contributed by atoms with Gasteiger partial charge in [-0.2, -0.15) is 0 Å². The molecule has 4 rings (SSSR count). The summed E-state index contributed by atoms with van der Waals surface area (Å²) in [6, 6.07) is 10.3. The Morgan fingerprint density at radius 2 is 2.03 bits per heavy atom. The van der Waals surface area contributed by atoms with Crippen LogP contribution in [0.15, 0.2) is 59.7 Å². The molecule has 0 saturated carbocycles. The molecule has 7 heteroatoms. The maximum atomic E-state index is 13.2. The van der Waals surface area contributed by atoms with E-state index in [1.54, 1.807) is 37.7 Å². The SMILES string of the molecule is COc1ccc(/C(O)=C2/C(=O)C(=O)N(Cc3cccnc3)C2c2sccc2C)cc1C(C)C. The van der Waals surface area contributed by atoms with Crippen molar-refractivity contribution in [2.75, 3.05) is 7.11 Å². The molecule has 1 saturated heterocycles. The van der Waals surface area contributed by atoms with Gasteiger partial charge in [0.05, 0.1) is 12.7 Å². The number of benzene rings is 1. The summed E-state index contributed by atoms with van der Waals surface area (Å²) >= 11 is 1.47. The zero-order valence-corrected chi connectivity index (χ0v) is 19.8. The lowest BCUT2D eigenvalue weighted by atomic mass is 9.94. The molecule has 33 heavy (non-hydrogen) atoms. The number of carbonyl (C=O) groups excluding carboxylic acids is 2. The number of nitrogens with zero attached hydrogens (tertiary/aromatic N) is 2. The molecule has 1 aliphatic heterocycles. The normalized spacial score (nSPS) is 17.7. The van der Waals surface area contributed by atoms with Crippen molar-refractivity contribution >= 4 is 28.8 Å². The summed E-state index contributed by atoms with van der Waals surface area (Å²) in [6.45, 7) is 6.23. The Morgan fingerprint density at radius 1 is 1.24 bits per heavy atom. The number of aliphatic hydroxyl groups excluding tert-OH is 1. The number of thiophene rings is 1. The molecule has 2 aromatic heterocycles. The minimum absolute atomic E-state index is 0.106. The molecule has 1 amide bonds. The van der Waals surface area contributed by atoms with Crippen molar-refractivity contribution in [1.82, 2.24) is 9.88 Å². The monoisotopic (exact) mass is 462 g/mol. The van der Waals surface area contributed by atoms with E-state index in [-0.39, 0.29) is 23.8 Å². The summed E-state index contributed by atoms with van der Waals surface area (Å²) in [6.07, 6.45) is 3.34. The zero-order chi connectivity index (χ0) is 23.7. The van der Waals surface area contributed by atoms with Gasteiger partial charge in [0.15, 0.2) is 0 Å². The molecule has 0 bridgehead atoms. The Labute approximate surface area is 197 Å². The molecule has 170 valence electrons. The van der Waals surface area contributed by atoms with Gasteiger partial charge >= 0.3 is 0 Å². The lowest BCUT2D eigenvalue weighted by Crippen LogP contribution is -2.29. The minimum atomic E-state index is -0.684. The van der Waals surface area contributed by atoms with E-state index >= 15 is 0 Å². The topological polar surface area (TPSA) is 79.7 Å². The van der Waals surface area contributed by atoms with Crippen molar-refractivity contribution in [3.63, 3.8) is 0 Å². The maximum Gasteiger partial charge on any atom is 0.295 e. The summed E-state index contributed by atoms with van der Waals surface area (Å²) in [5.41, 5.74) is 3.28. The Balaban J connectivity index is 1.87. The minimum Gasteiger partial charge on any atom is -0.507 e. The van der Waals surface area contributed by atoms with Crippen LogP contribution >= 0.6 is 11.3 Å². The zero-order valence-electron chi connectivity index (χ0n) is 19.0. The van der Waals surface area contributed by atoms with E-state index in [2.05, 4.69) is 4.98 Å². The first kappa shape index (κ1) is 22.7. The fourth-order valence-electron chi connectivity index (χ4n) is 4.16. The molecular formula is C26H26N2O4S. The summed E-state index contributed by atoms with van der Waals surface area (Å²) in [7, 11) is 1.60. The largest absolute Gasteiger partial charge is 0.507 e. The predicted octanol–water partition coefficient (Wildman–Crippen LogP) is 5.21. The summed E-state index contributed by atoms with van der Waals surface area (Å²) in [5.74, 6) is -0.628. The number of aliphatic hydroxyl groups is 1. The van der Waals surface area contributed by atoms with E-state index in [0.717, 1.165) is 21.6 Å². The van der Waals surface area contributed by atoms with Gasteiger partial charge in [-0.3, -0.25) is 14.6 Å². The number of ether oxygens (including phenoxy) is 1. The number of methoxy groups -OCH3 is 1. The number of aromatic nitrogens is 1. The second-order valence-corrected chi connectivity index (χ2v) is 9.32. The Morgan fingerprint density at radius 3 is 2.64 bits per heavy atom. The van der Waals surface area contributed by atoms with Crippen molar-refractivity contribution in [2.45, 2.75) is 39.3 Å². The molecule has 1 N–H and O–H groups in total. The van der Waals surface area contributed by atoms with E-state index in [1.807, 2.05) is 44.4 Å². The van der Waals surface area contributed by atoms with E-state index in [0.29, 0.717) is 11.3 Å². The Hall–Kier alpha value is -3.45. The second-order valence-electron chi connectivity index (χ2n) is 8.37. The van der Waals surface area contributed by atoms with E-state index < -0.39 is 17.7 Å². The van der Waals surface area contributed by atoms with E-state index in [9.17, 15) is 14.7 Å². The highest BCUT2D eigenvalue weighted by atomic mass is 32.1. The van der Waals surface area contributed by atoms with Gasteiger partial charge < -0.3 is 14.7 Å². The maximum absolute atomic E-state index is 13.2. The van der Waals surface area contributed by atoms with Crippen molar-refractivity contribution in [3.8, 4) is 5.75 Å². The quantitative estimate of drug-likeness (QED) is 0.309. The van der Waals surface area contributed by atoms with Gasteiger partial charge in [0.2, 0.25) is 0 Å². The molecule has 1 unspecified atom stereocenters. The molecule has 1 atom stereocenters. The number of amides is 1. The van der Waals surface area contributed by atoms with Gasteiger partial charge in [0.25, 0.3) is 11.7 Å². The average Bonchev–Trinajstić information content (AvgIpc) is 3.34. The number of likely N-dealkylation sites (tertiary alicyclic amines) is 1. The predicted molar refractivity (Wildman–Crippen MR) is 128 cm³/mol. The standard InChI is InChI=1S/C26H26N2O4S/c1-15(2)19-12-18(7-8-20(19)32-4)23(29)21-22(25-16(3)9-11-33-25)28(26(31)24(21)30)14-17-6-5-10-27-13-17/h5-13,15,22,29H,14H2,1-4H3/b23-21-. The van der Waals surface area contributed by atoms with Crippen molar-refractivity contribution in [3.05, 3.63) is 86.9 Å². The Bertz CT molecular complexity index is 1230. The van der Waals surface area contributed by atoms with Gasteiger partial charge in [-0.15, -0.1) is 11.3 Å². The van der Waals surface area contributed by atoms with Crippen molar-refractivity contribution < 1.29 is 19.4 Å². The lowest BCUT2D eigenvalue weighted by molar-refractivity contribution is -0.140. The smallest absolute Gasteiger partial charge is 0.295 e. The highest BCUT2D eigenvalue weighted by molar-refractivity contribution is 7.10. The number of carbonyl (C=O) groups is 2. The third-order valence-electron chi connectivity index (χ3n) is 5.89. The van der Waals surface area contributed by atoms with Crippen molar-refractivity contribution in [1.29, 1.82) is 0 Å². The van der Waals surface area contributed by atoms with Crippen LogP contribution in [0.2, 0.25) is 0 Å². The molecule has 0 aliphatic carbocycles. The number of aryl methyl sites for hydroxylation is 1. The number of Topliss-reactive ketones (excluding diaryl/α,β-unsaturated/α-hetero) is 1. The van der Waals surface area contributed by atoms with Gasteiger partial charge in [0.1, 0.15) is 17.6 Å². The fourth-order valence-corrected chi connectivity index (χ4v) is 5.20. The van der Waals surface area contributed by atoms with Gasteiger partial charge in [0, 0.05) is 29.4 Å². The van der Waals surface area contributed by atoms with Crippen LogP contribution in [0, 0.1) is 6.92 Å². The van der Waals surface area contributed by atoms with Crippen LogP contribution in [0.3, 0.4) is 0 Å². The van der Waals surface area contributed by atoms with E-state index in [1.165, 1.54) is 16.2 Å². The van der Waals surface area contributed by atoms with Crippen LogP contribution in [-0.4, -0.2) is 33.8 Å². The third kappa shape index (κ3) is 4.16. The Kier molecular flexibility index (Phi) is 6.33. The molecule has 1 fully saturated rings. The number of hydrogen-bond acceptors (Lipinski definition) is 6. The highest BCUT2D eigenvalue weighted by Crippen LogP contribution is 2.43. The molecular weight excluding hydrogens is 436 g/mol. The number of hydrogen-bond donors (Lipinski definition) is 1. The lowest BCUT2D eigenvalue weighted by Gasteiger charge is -2.25. The van der Waals surface area contributed by atoms with Crippen LogP contribution < -0.4 is 4.74 Å². The van der Waals surface area contributed by atoms with Gasteiger partial charge in [-0.1, -0.05) is 19.9 Å². The first-order valence-corrected chi connectivity index (χ1v) is 11.6. The summed E-state index contributed by atoms with van der Waals surface area (Å²) in [5, 5.41) is 13.3. The van der Waals surface area contributed by atoms with Crippen LogP contribution in [0.1, 0.15) is 52.9 Å². The summed E-state index contributed by atoms with van der Waals surface area (Å²) < 4.78 is 5.45. The van der Waals surface area contributed by atoms with Crippen molar-refractivity contribution in [2.24, 2.45) is 0 Å². The molecule has 0 spiro atoms. The molecule has 0 radical (unpaired) electrons.